The normalized spacial score (nSPS) is 23.0. The van der Waals surface area contributed by atoms with Gasteiger partial charge < -0.3 is 11.1 Å². The van der Waals surface area contributed by atoms with Gasteiger partial charge in [0.25, 0.3) is 0 Å². The van der Waals surface area contributed by atoms with Crippen molar-refractivity contribution in [3.8, 4) is 0 Å². The highest BCUT2D eigenvalue weighted by Gasteiger charge is 2.22. The van der Waals surface area contributed by atoms with Crippen LogP contribution in [-0.2, 0) is 11.2 Å². The van der Waals surface area contributed by atoms with Gasteiger partial charge in [0, 0.05) is 18.2 Å². The monoisotopic (exact) mass is 260 g/mol. The topological polar surface area (TPSA) is 55.1 Å². The summed E-state index contributed by atoms with van der Waals surface area (Å²) in [7, 11) is 0. The maximum atomic E-state index is 12.0. The molecular formula is C16H24N2O. The predicted octanol–water partition coefficient (Wildman–Crippen LogP) is 2.90. The molecule has 2 unspecified atom stereocenters. The van der Waals surface area contributed by atoms with Gasteiger partial charge in [-0.05, 0) is 42.9 Å². The summed E-state index contributed by atoms with van der Waals surface area (Å²) < 4.78 is 0. The fraction of sp³-hybridized carbons (Fsp3) is 0.562. The van der Waals surface area contributed by atoms with E-state index in [0.29, 0.717) is 18.4 Å². The zero-order valence-corrected chi connectivity index (χ0v) is 11.7. The average molecular weight is 260 g/mol. The van der Waals surface area contributed by atoms with Crippen LogP contribution in [0.25, 0.3) is 0 Å². The smallest absolute Gasteiger partial charge is 0.220 e. The summed E-state index contributed by atoms with van der Waals surface area (Å²) in [6, 6.07) is 8.14. The number of rotatable bonds is 4. The van der Waals surface area contributed by atoms with E-state index in [-0.39, 0.29) is 5.91 Å². The number of nitrogens with two attached hydrogens (primary N) is 1. The second-order valence-electron chi connectivity index (χ2n) is 5.68. The number of carbonyl (C=O) groups excluding carboxylic acids is 1. The molecule has 3 nitrogen and oxygen atoms in total. The minimum absolute atomic E-state index is 0.168. The van der Waals surface area contributed by atoms with Gasteiger partial charge in [-0.25, -0.2) is 0 Å². The van der Waals surface area contributed by atoms with Gasteiger partial charge in [0.15, 0.2) is 0 Å². The Labute approximate surface area is 115 Å². The number of amides is 1. The third kappa shape index (κ3) is 4.27. The Kier molecular flexibility index (Phi) is 4.83. The number of carbonyl (C=O) groups is 1. The molecule has 2 rings (SSSR count). The molecule has 1 fully saturated rings. The highest BCUT2D eigenvalue weighted by molar-refractivity contribution is 5.76. The Bertz CT molecular complexity index is 431. The van der Waals surface area contributed by atoms with Gasteiger partial charge >= 0.3 is 0 Å². The Hall–Kier alpha value is -1.51. The van der Waals surface area contributed by atoms with Crippen molar-refractivity contribution >= 4 is 11.6 Å². The molecule has 0 saturated heterocycles. The van der Waals surface area contributed by atoms with Crippen LogP contribution in [0, 0.1) is 5.92 Å². The standard InChI is InChI=1S/C16H24N2O/c1-12-5-2-3-8-15(12)18-16(19)10-9-13-6-4-7-14(17)11-13/h4,6-7,11-12,15H,2-3,5,8-10,17H2,1H3,(H,18,19). The Balaban J connectivity index is 1.78. The zero-order chi connectivity index (χ0) is 13.7. The molecule has 0 bridgehead atoms. The van der Waals surface area contributed by atoms with E-state index in [1.807, 2.05) is 24.3 Å². The van der Waals surface area contributed by atoms with Gasteiger partial charge in [-0.15, -0.1) is 0 Å². The van der Waals surface area contributed by atoms with Crippen LogP contribution in [-0.4, -0.2) is 11.9 Å². The Morgan fingerprint density at radius 1 is 1.37 bits per heavy atom. The second kappa shape index (κ2) is 6.60. The van der Waals surface area contributed by atoms with Crippen molar-refractivity contribution in [3.05, 3.63) is 29.8 Å². The summed E-state index contributed by atoms with van der Waals surface area (Å²) in [5.74, 6) is 0.784. The van der Waals surface area contributed by atoms with Crippen molar-refractivity contribution in [2.24, 2.45) is 5.92 Å². The first-order chi connectivity index (χ1) is 9.15. The molecule has 0 spiro atoms. The summed E-state index contributed by atoms with van der Waals surface area (Å²) in [6.07, 6.45) is 6.22. The molecular weight excluding hydrogens is 236 g/mol. The predicted molar refractivity (Wildman–Crippen MR) is 78.7 cm³/mol. The van der Waals surface area contributed by atoms with E-state index in [0.717, 1.165) is 24.1 Å². The highest BCUT2D eigenvalue weighted by atomic mass is 16.1. The largest absolute Gasteiger partial charge is 0.399 e. The molecule has 1 amide bonds. The third-order valence-electron chi connectivity index (χ3n) is 4.05. The van der Waals surface area contributed by atoms with E-state index in [2.05, 4.69) is 12.2 Å². The fourth-order valence-electron chi connectivity index (χ4n) is 2.82. The third-order valence-corrected chi connectivity index (χ3v) is 4.05. The number of nitrogens with one attached hydrogen (secondary N) is 1. The van der Waals surface area contributed by atoms with Crippen LogP contribution >= 0.6 is 0 Å². The number of nitrogen functional groups attached to an aromatic ring is 1. The van der Waals surface area contributed by atoms with Crippen molar-refractivity contribution in [2.45, 2.75) is 51.5 Å². The van der Waals surface area contributed by atoms with E-state index in [1.165, 1.54) is 19.3 Å². The van der Waals surface area contributed by atoms with Crippen molar-refractivity contribution in [3.63, 3.8) is 0 Å². The molecule has 104 valence electrons. The van der Waals surface area contributed by atoms with E-state index in [9.17, 15) is 4.79 Å². The Morgan fingerprint density at radius 2 is 2.16 bits per heavy atom. The van der Waals surface area contributed by atoms with Gasteiger partial charge in [0.1, 0.15) is 0 Å². The summed E-state index contributed by atoms with van der Waals surface area (Å²) in [6.45, 7) is 2.24. The van der Waals surface area contributed by atoms with Crippen LogP contribution in [0.4, 0.5) is 5.69 Å². The molecule has 3 heteroatoms. The Morgan fingerprint density at radius 3 is 2.89 bits per heavy atom. The molecule has 3 N–H and O–H groups in total. The molecule has 0 heterocycles. The number of anilines is 1. The number of hydrogen-bond acceptors (Lipinski definition) is 2. The van der Waals surface area contributed by atoms with Crippen LogP contribution in [0.3, 0.4) is 0 Å². The maximum Gasteiger partial charge on any atom is 0.220 e. The quantitative estimate of drug-likeness (QED) is 0.818. The van der Waals surface area contributed by atoms with Crippen LogP contribution in [0.15, 0.2) is 24.3 Å². The number of benzene rings is 1. The highest BCUT2D eigenvalue weighted by Crippen LogP contribution is 2.23. The maximum absolute atomic E-state index is 12.0. The molecule has 0 aliphatic heterocycles. The number of hydrogen-bond donors (Lipinski definition) is 2. The van der Waals surface area contributed by atoms with E-state index in [4.69, 9.17) is 5.73 Å². The zero-order valence-electron chi connectivity index (χ0n) is 11.7. The van der Waals surface area contributed by atoms with Gasteiger partial charge in [-0.3, -0.25) is 4.79 Å². The van der Waals surface area contributed by atoms with Gasteiger partial charge in [0.05, 0.1) is 0 Å². The fourth-order valence-corrected chi connectivity index (χ4v) is 2.82. The lowest BCUT2D eigenvalue weighted by molar-refractivity contribution is -0.122. The molecule has 1 aliphatic carbocycles. The summed E-state index contributed by atoms with van der Waals surface area (Å²) in [4.78, 5) is 12.0. The van der Waals surface area contributed by atoms with Gasteiger partial charge in [-0.2, -0.15) is 0 Å². The summed E-state index contributed by atoms with van der Waals surface area (Å²) in [5, 5.41) is 3.18. The van der Waals surface area contributed by atoms with Crippen molar-refractivity contribution < 1.29 is 4.79 Å². The first-order valence-corrected chi connectivity index (χ1v) is 7.29. The summed E-state index contributed by atoms with van der Waals surface area (Å²) in [5.41, 5.74) is 7.63. The van der Waals surface area contributed by atoms with Crippen LogP contribution in [0.5, 0.6) is 0 Å². The first kappa shape index (κ1) is 13.9. The van der Waals surface area contributed by atoms with Gasteiger partial charge in [0.2, 0.25) is 5.91 Å². The second-order valence-corrected chi connectivity index (χ2v) is 5.68. The van der Waals surface area contributed by atoms with E-state index >= 15 is 0 Å². The molecule has 2 atom stereocenters. The van der Waals surface area contributed by atoms with Crippen LogP contribution in [0.2, 0.25) is 0 Å². The van der Waals surface area contributed by atoms with E-state index < -0.39 is 0 Å². The van der Waals surface area contributed by atoms with Crippen molar-refractivity contribution in [2.75, 3.05) is 5.73 Å². The van der Waals surface area contributed by atoms with E-state index in [1.54, 1.807) is 0 Å². The average Bonchev–Trinajstić information content (AvgIpc) is 2.39. The van der Waals surface area contributed by atoms with Crippen molar-refractivity contribution in [1.29, 1.82) is 0 Å². The van der Waals surface area contributed by atoms with Gasteiger partial charge in [-0.1, -0.05) is 31.9 Å². The lowest BCUT2D eigenvalue weighted by atomic mass is 9.86. The molecule has 19 heavy (non-hydrogen) atoms. The number of aryl methyl sites for hydroxylation is 1. The van der Waals surface area contributed by atoms with Crippen molar-refractivity contribution in [1.82, 2.24) is 5.32 Å². The molecule has 1 saturated carbocycles. The minimum Gasteiger partial charge on any atom is -0.399 e. The minimum atomic E-state index is 0.168. The molecule has 1 aliphatic rings. The lowest BCUT2D eigenvalue weighted by Gasteiger charge is -2.29. The molecule has 1 aromatic carbocycles. The SMILES string of the molecule is CC1CCCCC1NC(=O)CCc1cccc(N)c1. The van der Waals surface area contributed by atoms with Crippen LogP contribution in [0.1, 0.15) is 44.6 Å². The molecule has 0 radical (unpaired) electrons. The van der Waals surface area contributed by atoms with Crippen LogP contribution < -0.4 is 11.1 Å². The molecule has 0 aromatic heterocycles. The first-order valence-electron chi connectivity index (χ1n) is 7.29. The summed E-state index contributed by atoms with van der Waals surface area (Å²) >= 11 is 0. The lowest BCUT2D eigenvalue weighted by Crippen LogP contribution is -2.41. The molecule has 1 aromatic rings.